The van der Waals surface area contributed by atoms with Gasteiger partial charge in [0, 0.05) is 18.7 Å². The fraction of sp³-hybridized carbons (Fsp3) is 0.500. The van der Waals surface area contributed by atoms with Gasteiger partial charge >= 0.3 is 0 Å². The molecule has 1 aromatic rings. The van der Waals surface area contributed by atoms with Crippen molar-refractivity contribution in [2.75, 3.05) is 6.54 Å². The molecule has 8 heteroatoms. The summed E-state index contributed by atoms with van der Waals surface area (Å²) >= 11 is 0. The van der Waals surface area contributed by atoms with E-state index in [1.54, 1.807) is 0 Å². The Kier molecular flexibility index (Phi) is 5.61. The van der Waals surface area contributed by atoms with E-state index in [0.717, 1.165) is 24.3 Å². The van der Waals surface area contributed by atoms with Crippen molar-refractivity contribution >= 4 is 15.7 Å². The summed E-state index contributed by atoms with van der Waals surface area (Å²) in [6, 6.07) is 4.57. The molecule has 112 valence electrons. The minimum Gasteiger partial charge on any atom is -0.392 e. The van der Waals surface area contributed by atoms with Crippen molar-refractivity contribution in [2.24, 2.45) is 5.92 Å². The fourth-order valence-corrected chi connectivity index (χ4v) is 2.74. The Bertz CT molecular complexity index is 554. The monoisotopic (exact) mass is 302 g/mol. The molecule has 0 aliphatic heterocycles. The largest absolute Gasteiger partial charge is 0.392 e. The summed E-state index contributed by atoms with van der Waals surface area (Å²) in [5.74, 6) is 0.258. The predicted molar refractivity (Wildman–Crippen MR) is 73.7 cm³/mol. The standard InChI is InChI=1S/C12H18N2O5S/c1-9(2)7-11(15)8-13-20(18,19)12-5-3-10(4-6-12)14(16)17/h3-6,9,11,13,15H,7-8H2,1-2H3. The maximum atomic E-state index is 11.9. The lowest BCUT2D eigenvalue weighted by atomic mass is 10.1. The lowest BCUT2D eigenvalue weighted by Crippen LogP contribution is -2.32. The Balaban J connectivity index is 2.71. The topological polar surface area (TPSA) is 110 Å². The summed E-state index contributed by atoms with van der Waals surface area (Å²) in [6.07, 6.45) is -0.272. The van der Waals surface area contributed by atoms with Crippen LogP contribution in [0.5, 0.6) is 0 Å². The smallest absolute Gasteiger partial charge is 0.269 e. The van der Waals surface area contributed by atoms with Crippen LogP contribution in [0, 0.1) is 16.0 Å². The second-order valence-corrected chi connectivity index (χ2v) is 6.65. The Morgan fingerprint density at radius 2 is 1.85 bits per heavy atom. The van der Waals surface area contributed by atoms with Crippen LogP contribution in [0.2, 0.25) is 0 Å². The molecule has 0 aliphatic rings. The molecule has 0 amide bonds. The summed E-state index contributed by atoms with van der Waals surface area (Å²) in [6.45, 7) is 3.76. The van der Waals surface area contributed by atoms with Crippen LogP contribution in [0.25, 0.3) is 0 Å². The maximum Gasteiger partial charge on any atom is 0.269 e. The molecule has 0 aromatic heterocycles. The van der Waals surface area contributed by atoms with Crippen molar-refractivity contribution in [1.29, 1.82) is 0 Å². The second kappa shape index (κ2) is 6.78. The molecule has 20 heavy (non-hydrogen) atoms. The number of nitrogens with one attached hydrogen (secondary N) is 1. The highest BCUT2D eigenvalue weighted by Gasteiger charge is 2.17. The van der Waals surface area contributed by atoms with Gasteiger partial charge < -0.3 is 5.11 Å². The third kappa shape index (κ3) is 4.87. The molecule has 0 fully saturated rings. The van der Waals surface area contributed by atoms with E-state index in [-0.39, 0.29) is 23.0 Å². The number of benzene rings is 1. The number of rotatable bonds is 7. The summed E-state index contributed by atoms with van der Waals surface area (Å²) in [7, 11) is -3.77. The van der Waals surface area contributed by atoms with E-state index in [4.69, 9.17) is 0 Å². The predicted octanol–water partition coefficient (Wildman–Crippen LogP) is 1.28. The van der Waals surface area contributed by atoms with E-state index >= 15 is 0 Å². The molecule has 1 unspecified atom stereocenters. The average molecular weight is 302 g/mol. The zero-order chi connectivity index (χ0) is 15.3. The van der Waals surface area contributed by atoms with Gasteiger partial charge in [0.2, 0.25) is 10.0 Å². The molecule has 0 bridgehead atoms. The number of sulfonamides is 1. The summed E-state index contributed by atoms with van der Waals surface area (Å²) in [4.78, 5) is 9.82. The number of non-ortho nitro benzene ring substituents is 1. The first-order valence-corrected chi connectivity index (χ1v) is 7.63. The molecular weight excluding hydrogens is 284 g/mol. The minimum absolute atomic E-state index is 0.0696. The summed E-state index contributed by atoms with van der Waals surface area (Å²) in [5, 5.41) is 20.1. The molecule has 2 N–H and O–H groups in total. The Labute approximate surface area is 117 Å². The zero-order valence-corrected chi connectivity index (χ0v) is 12.1. The number of nitro benzene ring substituents is 1. The first-order chi connectivity index (χ1) is 9.22. The number of hydrogen-bond donors (Lipinski definition) is 2. The van der Waals surface area contributed by atoms with Crippen molar-refractivity contribution in [2.45, 2.75) is 31.3 Å². The lowest BCUT2D eigenvalue weighted by molar-refractivity contribution is -0.384. The molecule has 7 nitrogen and oxygen atoms in total. The molecule has 0 aliphatic carbocycles. The molecule has 0 saturated heterocycles. The molecule has 0 spiro atoms. The number of nitro groups is 1. The summed E-state index contributed by atoms with van der Waals surface area (Å²) < 4.78 is 26.1. The molecular formula is C12H18N2O5S. The van der Waals surface area contributed by atoms with E-state index in [1.807, 2.05) is 13.8 Å². The number of aliphatic hydroxyl groups excluding tert-OH is 1. The van der Waals surface area contributed by atoms with E-state index < -0.39 is 21.1 Å². The second-order valence-electron chi connectivity index (χ2n) is 4.89. The van der Waals surface area contributed by atoms with E-state index in [0.29, 0.717) is 6.42 Å². The highest BCUT2D eigenvalue weighted by Crippen LogP contribution is 2.15. The molecule has 0 radical (unpaired) electrons. The number of aliphatic hydroxyl groups is 1. The van der Waals surface area contributed by atoms with Crippen LogP contribution < -0.4 is 4.72 Å². The zero-order valence-electron chi connectivity index (χ0n) is 11.3. The van der Waals surface area contributed by atoms with Crippen molar-refractivity contribution in [1.82, 2.24) is 4.72 Å². The molecule has 0 saturated carbocycles. The normalized spacial score (nSPS) is 13.4. The Morgan fingerprint density at radius 3 is 2.30 bits per heavy atom. The van der Waals surface area contributed by atoms with Crippen LogP contribution in [-0.2, 0) is 10.0 Å². The van der Waals surface area contributed by atoms with Gasteiger partial charge in [-0.2, -0.15) is 0 Å². The van der Waals surface area contributed by atoms with Gasteiger partial charge in [0.1, 0.15) is 0 Å². The van der Waals surface area contributed by atoms with Gasteiger partial charge in [-0.1, -0.05) is 13.8 Å². The van der Waals surface area contributed by atoms with Crippen molar-refractivity contribution < 1.29 is 18.4 Å². The SMILES string of the molecule is CC(C)CC(O)CNS(=O)(=O)c1ccc([N+](=O)[O-])cc1. The van der Waals surface area contributed by atoms with Crippen LogP contribution in [0.15, 0.2) is 29.2 Å². The number of hydrogen-bond acceptors (Lipinski definition) is 5. The van der Waals surface area contributed by atoms with E-state index in [9.17, 15) is 23.6 Å². The average Bonchev–Trinajstić information content (AvgIpc) is 2.36. The highest BCUT2D eigenvalue weighted by atomic mass is 32.2. The van der Waals surface area contributed by atoms with Crippen molar-refractivity contribution in [3.63, 3.8) is 0 Å². The van der Waals surface area contributed by atoms with Gasteiger partial charge in [-0.05, 0) is 24.5 Å². The number of nitrogens with zero attached hydrogens (tertiary/aromatic N) is 1. The summed E-state index contributed by atoms with van der Waals surface area (Å²) in [5.41, 5.74) is -0.177. The van der Waals surface area contributed by atoms with Crippen LogP contribution in [-0.4, -0.2) is 31.1 Å². The van der Waals surface area contributed by atoms with E-state index in [2.05, 4.69) is 4.72 Å². The lowest BCUT2D eigenvalue weighted by Gasteiger charge is -2.14. The van der Waals surface area contributed by atoms with E-state index in [1.165, 1.54) is 0 Å². The molecule has 1 atom stereocenters. The van der Waals surface area contributed by atoms with Gasteiger partial charge in [-0.3, -0.25) is 10.1 Å². The molecule has 1 rings (SSSR count). The van der Waals surface area contributed by atoms with Gasteiger partial charge in [0.15, 0.2) is 0 Å². The Morgan fingerprint density at radius 1 is 1.30 bits per heavy atom. The highest BCUT2D eigenvalue weighted by molar-refractivity contribution is 7.89. The van der Waals surface area contributed by atoms with Crippen molar-refractivity contribution in [3.8, 4) is 0 Å². The quantitative estimate of drug-likeness (QED) is 0.582. The van der Waals surface area contributed by atoms with Gasteiger partial charge in [-0.15, -0.1) is 0 Å². The maximum absolute atomic E-state index is 11.9. The van der Waals surface area contributed by atoms with Crippen LogP contribution >= 0.6 is 0 Å². The first kappa shape index (κ1) is 16.5. The first-order valence-electron chi connectivity index (χ1n) is 6.14. The van der Waals surface area contributed by atoms with Crippen molar-refractivity contribution in [3.05, 3.63) is 34.4 Å². The van der Waals surface area contributed by atoms with Crippen LogP contribution in [0.4, 0.5) is 5.69 Å². The third-order valence-electron chi connectivity index (χ3n) is 2.61. The molecule has 1 aromatic carbocycles. The van der Waals surface area contributed by atoms with Crippen LogP contribution in [0.3, 0.4) is 0 Å². The molecule has 0 heterocycles. The Hall–Kier alpha value is -1.51. The van der Waals surface area contributed by atoms with Crippen LogP contribution in [0.1, 0.15) is 20.3 Å². The minimum atomic E-state index is -3.77. The third-order valence-corrected chi connectivity index (χ3v) is 4.05. The fourth-order valence-electron chi connectivity index (χ4n) is 1.66. The van der Waals surface area contributed by atoms with Gasteiger partial charge in [0.25, 0.3) is 5.69 Å². The van der Waals surface area contributed by atoms with Gasteiger partial charge in [-0.25, -0.2) is 13.1 Å². The van der Waals surface area contributed by atoms with Gasteiger partial charge in [0.05, 0.1) is 15.9 Å².